The van der Waals surface area contributed by atoms with Crippen LogP contribution in [0.1, 0.15) is 51.6 Å². The van der Waals surface area contributed by atoms with E-state index in [1.54, 1.807) is 31.7 Å². The monoisotopic (exact) mass is 531 g/mol. The van der Waals surface area contributed by atoms with Crippen molar-refractivity contribution in [1.29, 1.82) is 0 Å². The summed E-state index contributed by atoms with van der Waals surface area (Å²) in [7, 11) is 0. The van der Waals surface area contributed by atoms with Crippen LogP contribution in [0.25, 0.3) is 0 Å². The predicted octanol–water partition coefficient (Wildman–Crippen LogP) is 4.67. The number of carbonyl (C=O) groups excluding carboxylic acids is 3. The number of nitrogens with zero attached hydrogens (tertiary/aromatic N) is 3. The van der Waals surface area contributed by atoms with Gasteiger partial charge in [0.15, 0.2) is 5.17 Å². The third kappa shape index (κ3) is 5.47. The molecule has 1 aromatic rings. The van der Waals surface area contributed by atoms with E-state index >= 15 is 0 Å². The first-order valence-electron chi connectivity index (χ1n) is 12.1. The van der Waals surface area contributed by atoms with Gasteiger partial charge in [-0.1, -0.05) is 35.5 Å². The molecule has 0 saturated carbocycles. The molecule has 36 heavy (non-hydrogen) atoms. The molecule has 0 spiro atoms. The van der Waals surface area contributed by atoms with Gasteiger partial charge in [0.1, 0.15) is 0 Å². The van der Waals surface area contributed by atoms with Crippen molar-refractivity contribution >= 4 is 46.4 Å². The summed E-state index contributed by atoms with van der Waals surface area (Å²) in [6.07, 6.45) is 1.58. The van der Waals surface area contributed by atoms with Crippen LogP contribution >= 0.6 is 23.4 Å². The maximum Gasteiger partial charge on any atom is 0.338 e. The number of piperidine rings is 1. The summed E-state index contributed by atoms with van der Waals surface area (Å²) in [5.41, 5.74) is 2.54. The van der Waals surface area contributed by atoms with Crippen LogP contribution in [0.3, 0.4) is 0 Å². The highest BCUT2D eigenvalue weighted by molar-refractivity contribution is 8.16. The molecule has 1 amide bonds. The smallest absolute Gasteiger partial charge is 0.338 e. The minimum absolute atomic E-state index is 0.0779. The molecule has 1 saturated heterocycles. The molecule has 1 fully saturated rings. The Bertz CT molecular complexity index is 1150. The van der Waals surface area contributed by atoms with E-state index in [9.17, 15) is 14.4 Å². The summed E-state index contributed by atoms with van der Waals surface area (Å²) < 4.78 is 10.6. The van der Waals surface area contributed by atoms with Crippen LogP contribution in [0.15, 0.2) is 51.6 Å². The van der Waals surface area contributed by atoms with Crippen LogP contribution in [0, 0.1) is 5.92 Å². The van der Waals surface area contributed by atoms with Crippen molar-refractivity contribution in [3.05, 3.63) is 57.2 Å². The van der Waals surface area contributed by atoms with Gasteiger partial charge in [-0.2, -0.15) is 0 Å². The number of carbonyl (C=O) groups is 3. The zero-order chi connectivity index (χ0) is 25.8. The van der Waals surface area contributed by atoms with Crippen molar-refractivity contribution in [2.24, 2.45) is 10.9 Å². The Hall–Kier alpha value is -2.78. The molecular formula is C26H30ClN3O5S. The summed E-state index contributed by atoms with van der Waals surface area (Å²) >= 11 is 7.73. The standard InChI is InChI=1S/C26H30ClN3O5S/c1-4-34-24(32)18-9-7-11-29(14-18)21(31)13-20-15-36-26-28-16(3)22(25(33)35-5-2)23(30(20)26)17-8-6-10-19(27)12-17/h6,8,10,12,15,18,23H,4-5,7,9,11,13-14H2,1-3H3. The average Bonchev–Trinajstić information content (AvgIpc) is 3.25. The summed E-state index contributed by atoms with van der Waals surface area (Å²) in [6, 6.07) is 6.81. The highest BCUT2D eigenvalue weighted by Gasteiger charge is 2.41. The van der Waals surface area contributed by atoms with Crippen LogP contribution < -0.4 is 0 Å². The Labute approximate surface area is 220 Å². The molecule has 4 rings (SSSR count). The normalized spacial score (nSPS) is 21.6. The van der Waals surface area contributed by atoms with E-state index in [1.807, 2.05) is 28.5 Å². The van der Waals surface area contributed by atoms with Crippen LogP contribution in [0.5, 0.6) is 0 Å². The van der Waals surface area contributed by atoms with Crippen LogP contribution in [-0.4, -0.2) is 59.1 Å². The van der Waals surface area contributed by atoms with Crippen molar-refractivity contribution < 1.29 is 23.9 Å². The highest BCUT2D eigenvalue weighted by Crippen LogP contribution is 2.45. The lowest BCUT2D eigenvalue weighted by atomic mass is 9.93. The Morgan fingerprint density at radius 1 is 1.19 bits per heavy atom. The summed E-state index contributed by atoms with van der Waals surface area (Å²) in [4.78, 5) is 47.0. The second-order valence-corrected chi connectivity index (χ2v) is 10.0. The quantitative estimate of drug-likeness (QED) is 0.472. The molecule has 3 aliphatic heterocycles. The van der Waals surface area contributed by atoms with E-state index in [1.165, 1.54) is 11.8 Å². The van der Waals surface area contributed by atoms with Gasteiger partial charge in [0.25, 0.3) is 0 Å². The molecule has 2 unspecified atom stereocenters. The van der Waals surface area contributed by atoms with Crippen LogP contribution in [0.4, 0.5) is 0 Å². The molecule has 0 aromatic heterocycles. The second-order valence-electron chi connectivity index (χ2n) is 8.78. The lowest BCUT2D eigenvalue weighted by Gasteiger charge is -2.37. The van der Waals surface area contributed by atoms with Gasteiger partial charge < -0.3 is 19.3 Å². The molecule has 1 aromatic carbocycles. The van der Waals surface area contributed by atoms with Crippen molar-refractivity contribution in [1.82, 2.24) is 9.80 Å². The summed E-state index contributed by atoms with van der Waals surface area (Å²) in [6.45, 7) is 6.85. The number of aliphatic imine (C=N–C) groups is 1. The molecule has 2 atom stereocenters. The van der Waals surface area contributed by atoms with Crippen molar-refractivity contribution in [2.45, 2.75) is 46.1 Å². The number of likely N-dealkylation sites (tertiary alicyclic amines) is 1. The topological polar surface area (TPSA) is 88.5 Å². The van der Waals surface area contributed by atoms with Crippen LogP contribution in [0.2, 0.25) is 5.02 Å². The van der Waals surface area contributed by atoms with Crippen molar-refractivity contribution in [2.75, 3.05) is 26.3 Å². The van der Waals surface area contributed by atoms with Gasteiger partial charge in [0.2, 0.25) is 5.91 Å². The number of hydrogen-bond donors (Lipinski definition) is 0. The fourth-order valence-corrected chi connectivity index (χ4v) is 5.92. The maximum absolute atomic E-state index is 13.4. The minimum atomic E-state index is -0.530. The zero-order valence-electron chi connectivity index (χ0n) is 20.7. The van der Waals surface area contributed by atoms with Gasteiger partial charge in [-0.15, -0.1) is 0 Å². The second kappa shape index (κ2) is 11.5. The SMILES string of the molecule is CCOC(=O)C1=C(C)N=C2SC=C(CC(=O)N3CCCC(C(=O)OCC)C3)N2C1c1cccc(Cl)c1. The van der Waals surface area contributed by atoms with Gasteiger partial charge in [-0.25, -0.2) is 9.79 Å². The number of amidine groups is 1. The first kappa shape index (κ1) is 26.3. The minimum Gasteiger partial charge on any atom is -0.466 e. The van der Waals surface area contributed by atoms with E-state index in [-0.39, 0.29) is 30.8 Å². The Morgan fingerprint density at radius 3 is 2.69 bits per heavy atom. The van der Waals surface area contributed by atoms with Crippen molar-refractivity contribution in [3.8, 4) is 0 Å². The molecule has 192 valence electrons. The number of ether oxygens (including phenoxy) is 2. The number of esters is 2. The van der Waals surface area contributed by atoms with E-state index in [4.69, 9.17) is 21.1 Å². The fraction of sp³-hybridized carbons (Fsp3) is 0.462. The molecule has 3 aliphatic rings. The molecule has 0 N–H and O–H groups in total. The van der Waals surface area contributed by atoms with E-state index in [0.717, 1.165) is 17.7 Å². The Morgan fingerprint density at radius 2 is 1.97 bits per heavy atom. The number of hydrogen-bond acceptors (Lipinski definition) is 8. The number of fused-ring (bicyclic) bond motifs is 1. The third-order valence-electron chi connectivity index (χ3n) is 6.39. The Kier molecular flexibility index (Phi) is 8.41. The number of allylic oxidation sites excluding steroid dienone is 1. The van der Waals surface area contributed by atoms with Gasteiger partial charge in [0.05, 0.1) is 42.9 Å². The largest absolute Gasteiger partial charge is 0.466 e. The van der Waals surface area contributed by atoms with Gasteiger partial charge in [0, 0.05) is 23.8 Å². The number of halogens is 1. The summed E-state index contributed by atoms with van der Waals surface area (Å²) in [5.74, 6) is -1.08. The number of rotatable bonds is 7. The number of benzene rings is 1. The van der Waals surface area contributed by atoms with Gasteiger partial charge in [-0.05, 0) is 56.7 Å². The fourth-order valence-electron chi connectivity index (χ4n) is 4.75. The van der Waals surface area contributed by atoms with Crippen LogP contribution in [-0.2, 0) is 23.9 Å². The Balaban J connectivity index is 1.60. The molecule has 0 radical (unpaired) electrons. The maximum atomic E-state index is 13.4. The van der Waals surface area contributed by atoms with Crippen molar-refractivity contribution in [3.63, 3.8) is 0 Å². The number of thioether (sulfide) groups is 1. The molecule has 0 aliphatic carbocycles. The zero-order valence-corrected chi connectivity index (χ0v) is 22.2. The first-order valence-corrected chi connectivity index (χ1v) is 13.4. The third-order valence-corrected chi connectivity index (χ3v) is 7.51. The van der Waals surface area contributed by atoms with Gasteiger partial charge in [-0.3, -0.25) is 9.59 Å². The summed E-state index contributed by atoms with van der Waals surface area (Å²) in [5, 5.41) is 3.14. The van der Waals surface area contributed by atoms with E-state index in [0.29, 0.717) is 47.6 Å². The molecule has 8 nitrogen and oxygen atoms in total. The molecular weight excluding hydrogens is 502 g/mol. The molecule has 10 heteroatoms. The lowest BCUT2D eigenvalue weighted by Crippen LogP contribution is -2.44. The van der Waals surface area contributed by atoms with Gasteiger partial charge >= 0.3 is 11.9 Å². The number of amides is 1. The lowest BCUT2D eigenvalue weighted by molar-refractivity contribution is -0.151. The highest BCUT2D eigenvalue weighted by atomic mass is 35.5. The van der Waals surface area contributed by atoms with E-state index < -0.39 is 12.0 Å². The molecule has 3 heterocycles. The molecule has 0 bridgehead atoms. The predicted molar refractivity (Wildman–Crippen MR) is 139 cm³/mol. The average molecular weight is 532 g/mol. The van der Waals surface area contributed by atoms with E-state index in [2.05, 4.69) is 4.99 Å². The first-order chi connectivity index (χ1) is 17.3.